The number of carbonyl (C=O) groups is 1. The molecule has 4 rings (SSSR count). The van der Waals surface area contributed by atoms with Crippen LogP contribution in [0.3, 0.4) is 0 Å². The Hall–Kier alpha value is -2.20. The van der Waals surface area contributed by atoms with Crippen LogP contribution in [0.15, 0.2) is 48.8 Å². The third kappa shape index (κ3) is 3.19. The van der Waals surface area contributed by atoms with Gasteiger partial charge in [0.15, 0.2) is 0 Å². The SMILES string of the molecule is Cc1ccncc1CC(=O)N1CC(c2ccccc2)C2COCCC21. The maximum Gasteiger partial charge on any atom is 0.227 e. The molecule has 1 aromatic heterocycles. The highest BCUT2D eigenvalue weighted by molar-refractivity contribution is 5.80. The first-order chi connectivity index (χ1) is 12.2. The summed E-state index contributed by atoms with van der Waals surface area (Å²) in [5.74, 6) is 0.979. The molecule has 2 aromatic rings. The van der Waals surface area contributed by atoms with Gasteiger partial charge in [-0.3, -0.25) is 9.78 Å². The summed E-state index contributed by atoms with van der Waals surface area (Å²) < 4.78 is 5.75. The van der Waals surface area contributed by atoms with E-state index in [1.54, 1.807) is 6.20 Å². The molecular weight excluding hydrogens is 312 g/mol. The highest BCUT2D eigenvalue weighted by Gasteiger charge is 2.45. The Morgan fingerprint density at radius 2 is 2.12 bits per heavy atom. The molecule has 3 atom stereocenters. The van der Waals surface area contributed by atoms with Crippen LogP contribution in [0.25, 0.3) is 0 Å². The lowest BCUT2D eigenvalue weighted by Crippen LogP contribution is -2.42. The standard InChI is InChI=1S/C21H24N2O2/c1-15-7-9-22-12-17(15)11-21(24)23-13-18(16-5-3-2-4-6-16)19-14-25-10-8-20(19)23/h2-7,9,12,18-20H,8,10-11,13-14H2,1H3. The quantitative estimate of drug-likeness (QED) is 0.865. The highest BCUT2D eigenvalue weighted by atomic mass is 16.5. The van der Waals surface area contributed by atoms with Gasteiger partial charge in [0.05, 0.1) is 13.0 Å². The average molecular weight is 336 g/mol. The molecule has 25 heavy (non-hydrogen) atoms. The molecule has 0 saturated carbocycles. The number of benzene rings is 1. The Morgan fingerprint density at radius 3 is 2.92 bits per heavy atom. The van der Waals surface area contributed by atoms with Gasteiger partial charge in [-0.05, 0) is 36.1 Å². The van der Waals surface area contributed by atoms with Crippen molar-refractivity contribution in [3.8, 4) is 0 Å². The van der Waals surface area contributed by atoms with Crippen LogP contribution in [0.5, 0.6) is 0 Å². The number of likely N-dealkylation sites (tertiary alicyclic amines) is 1. The Bertz CT molecular complexity index is 747. The maximum atomic E-state index is 13.1. The number of pyridine rings is 1. The Morgan fingerprint density at radius 1 is 1.28 bits per heavy atom. The van der Waals surface area contributed by atoms with E-state index in [2.05, 4.69) is 34.1 Å². The van der Waals surface area contributed by atoms with E-state index >= 15 is 0 Å². The van der Waals surface area contributed by atoms with Crippen LogP contribution >= 0.6 is 0 Å². The Labute approximate surface area is 148 Å². The molecule has 0 aliphatic carbocycles. The smallest absolute Gasteiger partial charge is 0.227 e. The van der Waals surface area contributed by atoms with Crippen molar-refractivity contribution in [2.75, 3.05) is 19.8 Å². The van der Waals surface area contributed by atoms with Crippen LogP contribution in [0, 0.1) is 12.8 Å². The van der Waals surface area contributed by atoms with Crippen molar-refractivity contribution in [2.24, 2.45) is 5.92 Å². The predicted octanol–water partition coefficient (Wildman–Crippen LogP) is 2.96. The summed E-state index contributed by atoms with van der Waals surface area (Å²) in [6.45, 7) is 4.33. The fourth-order valence-corrected chi connectivity index (χ4v) is 4.29. The molecule has 2 aliphatic heterocycles. The molecule has 0 spiro atoms. The minimum Gasteiger partial charge on any atom is -0.381 e. The van der Waals surface area contributed by atoms with Crippen molar-refractivity contribution in [1.82, 2.24) is 9.88 Å². The minimum absolute atomic E-state index is 0.214. The van der Waals surface area contributed by atoms with E-state index in [9.17, 15) is 4.79 Å². The first-order valence-electron chi connectivity index (χ1n) is 9.05. The lowest BCUT2D eigenvalue weighted by Gasteiger charge is -2.32. The average Bonchev–Trinajstić information content (AvgIpc) is 3.04. The van der Waals surface area contributed by atoms with Gasteiger partial charge in [-0.1, -0.05) is 30.3 Å². The van der Waals surface area contributed by atoms with E-state index in [1.807, 2.05) is 25.3 Å². The number of aromatic nitrogens is 1. The van der Waals surface area contributed by atoms with E-state index in [4.69, 9.17) is 4.74 Å². The first-order valence-corrected chi connectivity index (χ1v) is 9.05. The lowest BCUT2D eigenvalue weighted by molar-refractivity contribution is -0.133. The second-order valence-corrected chi connectivity index (χ2v) is 7.14. The van der Waals surface area contributed by atoms with Gasteiger partial charge >= 0.3 is 0 Å². The van der Waals surface area contributed by atoms with Gasteiger partial charge in [0, 0.05) is 43.4 Å². The molecule has 130 valence electrons. The summed E-state index contributed by atoms with van der Waals surface area (Å²) in [4.78, 5) is 19.3. The molecule has 1 amide bonds. The molecule has 2 aliphatic rings. The van der Waals surface area contributed by atoms with E-state index in [0.29, 0.717) is 24.3 Å². The number of nitrogens with zero attached hydrogens (tertiary/aromatic N) is 2. The van der Waals surface area contributed by atoms with Crippen molar-refractivity contribution >= 4 is 5.91 Å². The van der Waals surface area contributed by atoms with Crippen molar-refractivity contribution in [1.29, 1.82) is 0 Å². The molecule has 1 aromatic carbocycles. The summed E-state index contributed by atoms with van der Waals surface area (Å²) in [5, 5.41) is 0. The molecule has 3 unspecified atom stereocenters. The topological polar surface area (TPSA) is 42.4 Å². The first kappa shape index (κ1) is 16.3. The summed E-state index contributed by atoms with van der Waals surface area (Å²) in [6, 6.07) is 12.8. The fraction of sp³-hybridized carbons (Fsp3) is 0.429. The maximum absolute atomic E-state index is 13.1. The van der Waals surface area contributed by atoms with Gasteiger partial charge < -0.3 is 9.64 Å². The third-order valence-electron chi connectivity index (χ3n) is 5.71. The Balaban J connectivity index is 1.57. The molecule has 3 heterocycles. The lowest BCUT2D eigenvalue weighted by atomic mass is 9.84. The fourth-order valence-electron chi connectivity index (χ4n) is 4.29. The second kappa shape index (κ2) is 6.96. The molecule has 0 bridgehead atoms. The van der Waals surface area contributed by atoms with Gasteiger partial charge in [0.25, 0.3) is 0 Å². The van der Waals surface area contributed by atoms with E-state index in [1.165, 1.54) is 5.56 Å². The number of amides is 1. The molecule has 4 nitrogen and oxygen atoms in total. The Kier molecular flexibility index (Phi) is 4.53. The van der Waals surface area contributed by atoms with Crippen LogP contribution < -0.4 is 0 Å². The zero-order valence-electron chi connectivity index (χ0n) is 14.6. The number of aryl methyl sites for hydroxylation is 1. The van der Waals surface area contributed by atoms with Crippen LogP contribution in [-0.2, 0) is 16.0 Å². The normalized spacial score (nSPS) is 25.6. The van der Waals surface area contributed by atoms with Crippen LogP contribution in [0.4, 0.5) is 0 Å². The van der Waals surface area contributed by atoms with Gasteiger partial charge in [0.1, 0.15) is 0 Å². The molecule has 0 radical (unpaired) electrons. The summed E-state index contributed by atoms with van der Waals surface area (Å²) in [5.41, 5.74) is 3.47. The van der Waals surface area contributed by atoms with E-state index < -0.39 is 0 Å². The molecule has 2 saturated heterocycles. The van der Waals surface area contributed by atoms with E-state index in [0.717, 1.165) is 37.3 Å². The zero-order valence-corrected chi connectivity index (χ0v) is 14.6. The largest absolute Gasteiger partial charge is 0.381 e. The summed E-state index contributed by atoms with van der Waals surface area (Å²) in [7, 11) is 0. The number of hydrogen-bond donors (Lipinski definition) is 0. The van der Waals surface area contributed by atoms with Gasteiger partial charge in [-0.15, -0.1) is 0 Å². The van der Waals surface area contributed by atoms with Gasteiger partial charge in [0.2, 0.25) is 5.91 Å². The van der Waals surface area contributed by atoms with Crippen LogP contribution in [-0.4, -0.2) is 41.6 Å². The molecule has 0 N–H and O–H groups in total. The second-order valence-electron chi connectivity index (χ2n) is 7.14. The number of rotatable bonds is 3. The van der Waals surface area contributed by atoms with Crippen molar-refractivity contribution in [3.05, 3.63) is 65.5 Å². The van der Waals surface area contributed by atoms with Crippen molar-refractivity contribution < 1.29 is 9.53 Å². The number of fused-ring (bicyclic) bond motifs is 1. The third-order valence-corrected chi connectivity index (χ3v) is 5.71. The molecular formula is C21H24N2O2. The zero-order chi connectivity index (χ0) is 17.2. The summed E-state index contributed by atoms with van der Waals surface area (Å²) in [6.07, 6.45) is 4.97. The number of hydrogen-bond acceptors (Lipinski definition) is 3. The predicted molar refractivity (Wildman–Crippen MR) is 96.3 cm³/mol. The van der Waals surface area contributed by atoms with Gasteiger partial charge in [-0.25, -0.2) is 0 Å². The van der Waals surface area contributed by atoms with Crippen molar-refractivity contribution in [3.63, 3.8) is 0 Å². The van der Waals surface area contributed by atoms with E-state index in [-0.39, 0.29) is 5.91 Å². The monoisotopic (exact) mass is 336 g/mol. The summed E-state index contributed by atoms with van der Waals surface area (Å²) >= 11 is 0. The number of ether oxygens (including phenoxy) is 1. The number of carbonyl (C=O) groups excluding carboxylic acids is 1. The highest BCUT2D eigenvalue weighted by Crippen LogP contribution is 2.41. The van der Waals surface area contributed by atoms with Crippen molar-refractivity contribution in [2.45, 2.75) is 31.7 Å². The molecule has 2 fully saturated rings. The van der Waals surface area contributed by atoms with Gasteiger partial charge in [-0.2, -0.15) is 0 Å². The van der Waals surface area contributed by atoms with Crippen LogP contribution in [0.2, 0.25) is 0 Å². The minimum atomic E-state index is 0.214. The van der Waals surface area contributed by atoms with Crippen LogP contribution in [0.1, 0.15) is 29.0 Å². The molecule has 4 heteroatoms.